The topological polar surface area (TPSA) is 91.8 Å². The molecule has 98 valence electrons. The highest BCUT2D eigenvalue weighted by Gasteiger charge is 2.14. The first-order valence-electron chi connectivity index (χ1n) is 5.92. The maximum absolute atomic E-state index is 11.3. The lowest BCUT2D eigenvalue weighted by atomic mass is 9.97. The van der Waals surface area contributed by atoms with Crippen LogP contribution in [0.3, 0.4) is 0 Å². The third-order valence-electron chi connectivity index (χ3n) is 2.94. The van der Waals surface area contributed by atoms with Gasteiger partial charge in [-0.3, -0.25) is 0 Å². The van der Waals surface area contributed by atoms with E-state index in [1.807, 2.05) is 30.3 Å². The summed E-state index contributed by atoms with van der Waals surface area (Å²) in [7, 11) is 0. The van der Waals surface area contributed by atoms with Crippen LogP contribution >= 0.6 is 0 Å². The van der Waals surface area contributed by atoms with Gasteiger partial charge in [-0.2, -0.15) is 5.21 Å². The molecule has 1 aromatic heterocycles. The molecule has 0 fully saturated rings. The van der Waals surface area contributed by atoms with Crippen LogP contribution in [0.4, 0.5) is 0 Å². The summed E-state index contributed by atoms with van der Waals surface area (Å²) in [5, 5.41) is 23.0. The molecule has 0 unspecified atom stereocenters. The largest absolute Gasteiger partial charge is 0.478 e. The number of hydrogen-bond donors (Lipinski definition) is 2. The van der Waals surface area contributed by atoms with E-state index >= 15 is 0 Å². The van der Waals surface area contributed by atoms with Crippen LogP contribution in [0.5, 0.6) is 0 Å². The van der Waals surface area contributed by atoms with Gasteiger partial charge in [0.2, 0.25) is 5.82 Å². The van der Waals surface area contributed by atoms with E-state index in [-0.39, 0.29) is 5.56 Å². The fourth-order valence-corrected chi connectivity index (χ4v) is 2.01. The summed E-state index contributed by atoms with van der Waals surface area (Å²) in [5.41, 5.74) is 2.40. The smallest absolute Gasteiger partial charge is 0.336 e. The maximum Gasteiger partial charge on any atom is 0.336 e. The van der Waals surface area contributed by atoms with Gasteiger partial charge in [0.25, 0.3) is 0 Å². The highest BCUT2D eigenvalue weighted by molar-refractivity contribution is 5.97. The normalized spacial score (nSPS) is 10.4. The Balaban J connectivity index is 2.19. The molecule has 0 aliphatic rings. The molecule has 0 atom stereocenters. The molecular weight excluding hydrogens is 256 g/mol. The molecule has 6 heteroatoms. The molecule has 0 saturated carbocycles. The Hall–Kier alpha value is -3.02. The summed E-state index contributed by atoms with van der Waals surface area (Å²) >= 11 is 0. The highest BCUT2D eigenvalue weighted by Crippen LogP contribution is 2.28. The van der Waals surface area contributed by atoms with E-state index in [2.05, 4.69) is 20.6 Å². The van der Waals surface area contributed by atoms with Gasteiger partial charge in [-0.25, -0.2) is 4.79 Å². The third-order valence-corrected chi connectivity index (χ3v) is 2.94. The number of carbonyl (C=O) groups is 1. The van der Waals surface area contributed by atoms with E-state index in [0.717, 1.165) is 5.56 Å². The summed E-state index contributed by atoms with van der Waals surface area (Å²) in [4.78, 5) is 11.3. The summed E-state index contributed by atoms with van der Waals surface area (Å²) in [6.07, 6.45) is 0. The first kappa shape index (κ1) is 12.0. The van der Waals surface area contributed by atoms with Gasteiger partial charge in [0.1, 0.15) is 0 Å². The van der Waals surface area contributed by atoms with Crippen molar-refractivity contribution in [1.82, 2.24) is 20.6 Å². The molecule has 2 N–H and O–H groups in total. The van der Waals surface area contributed by atoms with Gasteiger partial charge in [-0.05, 0) is 28.5 Å². The van der Waals surface area contributed by atoms with Crippen molar-refractivity contribution in [3.05, 3.63) is 54.1 Å². The predicted molar refractivity (Wildman–Crippen MR) is 72.0 cm³/mol. The van der Waals surface area contributed by atoms with E-state index < -0.39 is 5.97 Å². The van der Waals surface area contributed by atoms with Crippen molar-refractivity contribution in [2.45, 2.75) is 0 Å². The molecule has 0 amide bonds. The fraction of sp³-hybridized carbons (Fsp3) is 0. The molecule has 3 rings (SSSR count). The molecule has 1 heterocycles. The lowest BCUT2D eigenvalue weighted by molar-refractivity contribution is 0.0698. The van der Waals surface area contributed by atoms with Crippen molar-refractivity contribution in [1.29, 1.82) is 0 Å². The van der Waals surface area contributed by atoms with Crippen LogP contribution in [0.25, 0.3) is 22.5 Å². The Labute approximate surface area is 114 Å². The quantitative estimate of drug-likeness (QED) is 0.758. The van der Waals surface area contributed by atoms with E-state index in [1.54, 1.807) is 18.2 Å². The van der Waals surface area contributed by atoms with E-state index in [9.17, 15) is 9.90 Å². The summed E-state index contributed by atoms with van der Waals surface area (Å²) < 4.78 is 0. The second-order valence-corrected chi connectivity index (χ2v) is 4.17. The fourth-order valence-electron chi connectivity index (χ4n) is 2.01. The van der Waals surface area contributed by atoms with Gasteiger partial charge in [0.15, 0.2) is 0 Å². The van der Waals surface area contributed by atoms with Crippen molar-refractivity contribution in [2.75, 3.05) is 0 Å². The number of aromatic carboxylic acids is 1. The zero-order valence-electron chi connectivity index (χ0n) is 10.3. The summed E-state index contributed by atoms with van der Waals surface area (Å²) in [5.74, 6) is -0.539. The van der Waals surface area contributed by atoms with E-state index in [4.69, 9.17) is 0 Å². The SMILES string of the molecule is O=C(O)c1ccc(-c2nn[nH]n2)cc1-c1ccccc1. The van der Waals surface area contributed by atoms with Crippen LogP contribution in [-0.4, -0.2) is 31.7 Å². The van der Waals surface area contributed by atoms with Gasteiger partial charge < -0.3 is 5.11 Å². The van der Waals surface area contributed by atoms with E-state index in [0.29, 0.717) is 17.0 Å². The van der Waals surface area contributed by atoms with Crippen LogP contribution in [0, 0.1) is 0 Å². The maximum atomic E-state index is 11.3. The number of benzene rings is 2. The molecule has 6 nitrogen and oxygen atoms in total. The number of carboxylic acids is 1. The van der Waals surface area contributed by atoms with Gasteiger partial charge >= 0.3 is 5.97 Å². The molecule has 0 radical (unpaired) electrons. The first-order valence-corrected chi connectivity index (χ1v) is 5.92. The minimum absolute atomic E-state index is 0.239. The number of hydrogen-bond acceptors (Lipinski definition) is 4. The number of rotatable bonds is 3. The van der Waals surface area contributed by atoms with Gasteiger partial charge in [-0.1, -0.05) is 36.4 Å². The van der Waals surface area contributed by atoms with Crippen LogP contribution in [0.1, 0.15) is 10.4 Å². The van der Waals surface area contributed by atoms with Crippen molar-refractivity contribution in [2.24, 2.45) is 0 Å². The monoisotopic (exact) mass is 266 g/mol. The minimum Gasteiger partial charge on any atom is -0.478 e. The van der Waals surface area contributed by atoms with Crippen LogP contribution < -0.4 is 0 Å². The molecule has 0 aliphatic carbocycles. The van der Waals surface area contributed by atoms with Crippen LogP contribution in [-0.2, 0) is 0 Å². The predicted octanol–water partition coefficient (Wildman–Crippen LogP) is 2.23. The standard InChI is InChI=1S/C14H10N4O2/c19-14(20)11-7-6-10(13-15-17-18-16-13)8-12(11)9-4-2-1-3-5-9/h1-8H,(H,19,20)(H,15,16,17,18). The Bertz CT molecular complexity index is 739. The lowest BCUT2D eigenvalue weighted by Crippen LogP contribution is -2.00. The number of nitrogens with zero attached hydrogens (tertiary/aromatic N) is 3. The summed E-state index contributed by atoms with van der Waals surface area (Å²) in [6, 6.07) is 14.3. The molecular formula is C14H10N4O2. The minimum atomic E-state index is -0.969. The number of nitrogens with one attached hydrogen (secondary N) is 1. The third kappa shape index (κ3) is 2.14. The Kier molecular flexibility index (Phi) is 2.96. The second-order valence-electron chi connectivity index (χ2n) is 4.17. The average Bonchev–Trinajstić information content (AvgIpc) is 3.02. The molecule has 20 heavy (non-hydrogen) atoms. The van der Waals surface area contributed by atoms with Gasteiger partial charge in [0.05, 0.1) is 5.56 Å². The molecule has 0 saturated heterocycles. The van der Waals surface area contributed by atoms with Crippen LogP contribution in [0.2, 0.25) is 0 Å². The summed E-state index contributed by atoms with van der Waals surface area (Å²) in [6.45, 7) is 0. The van der Waals surface area contributed by atoms with Crippen molar-refractivity contribution < 1.29 is 9.90 Å². The first-order chi connectivity index (χ1) is 9.75. The molecule has 0 bridgehead atoms. The van der Waals surface area contributed by atoms with Crippen LogP contribution in [0.15, 0.2) is 48.5 Å². The van der Waals surface area contributed by atoms with E-state index in [1.165, 1.54) is 0 Å². The van der Waals surface area contributed by atoms with Crippen molar-refractivity contribution in [3.63, 3.8) is 0 Å². The number of carboxylic acid groups (broad SMARTS) is 1. The van der Waals surface area contributed by atoms with Crippen molar-refractivity contribution in [3.8, 4) is 22.5 Å². The number of aromatic amines is 1. The Morgan fingerprint density at radius 3 is 2.50 bits per heavy atom. The molecule has 0 aliphatic heterocycles. The zero-order valence-corrected chi connectivity index (χ0v) is 10.3. The molecule has 3 aromatic rings. The molecule has 2 aromatic carbocycles. The Morgan fingerprint density at radius 2 is 1.85 bits per heavy atom. The lowest BCUT2D eigenvalue weighted by Gasteiger charge is -2.07. The molecule has 0 spiro atoms. The number of tetrazole rings is 1. The zero-order chi connectivity index (χ0) is 13.9. The Morgan fingerprint density at radius 1 is 1.05 bits per heavy atom. The number of H-pyrrole nitrogens is 1. The van der Waals surface area contributed by atoms with Crippen molar-refractivity contribution >= 4 is 5.97 Å². The highest BCUT2D eigenvalue weighted by atomic mass is 16.4. The van der Waals surface area contributed by atoms with Gasteiger partial charge in [0, 0.05) is 5.56 Å². The van der Waals surface area contributed by atoms with Gasteiger partial charge in [-0.15, -0.1) is 10.2 Å². The second kappa shape index (κ2) is 4.93. The number of aromatic nitrogens is 4. The average molecular weight is 266 g/mol.